The van der Waals surface area contributed by atoms with E-state index < -0.39 is 34.1 Å². The minimum absolute atomic E-state index is 0.0922. The Balaban J connectivity index is 1.50. The Bertz CT molecular complexity index is 1030. The normalized spacial score (nSPS) is 15.1. The van der Waals surface area contributed by atoms with Crippen LogP contribution in [0, 0.1) is 0 Å². The highest BCUT2D eigenvalue weighted by Gasteiger charge is 2.29. The molecule has 0 aliphatic carbocycles. The second kappa shape index (κ2) is 9.01. The van der Waals surface area contributed by atoms with Crippen molar-refractivity contribution < 1.29 is 22.7 Å². The van der Waals surface area contributed by atoms with Gasteiger partial charge in [-0.3, -0.25) is 9.59 Å². The maximum atomic E-state index is 12.6. The number of pyridine rings is 1. The third kappa shape index (κ3) is 5.30. The predicted octanol–water partition coefficient (Wildman–Crippen LogP) is 0.206. The lowest BCUT2D eigenvalue weighted by Crippen LogP contribution is -2.51. The number of aromatic nitrogens is 1. The first kappa shape index (κ1) is 20.7. The van der Waals surface area contributed by atoms with Gasteiger partial charge in [-0.2, -0.15) is 4.31 Å². The number of piperazine rings is 1. The van der Waals surface area contributed by atoms with Gasteiger partial charge >= 0.3 is 5.97 Å². The van der Waals surface area contributed by atoms with E-state index in [-0.39, 0.29) is 37.5 Å². The third-order valence-corrected chi connectivity index (χ3v) is 6.39. The standard InChI is InChI=1S/C19H21N3O6S/c23-17(13-28-19(25)16-7-4-8-20-18(16)24)21-9-11-22(12-10-21)29(26,27)14-15-5-2-1-3-6-15/h1-8H,9-14H2,(H,20,24). The van der Waals surface area contributed by atoms with Gasteiger partial charge in [0.2, 0.25) is 10.0 Å². The highest BCUT2D eigenvalue weighted by Crippen LogP contribution is 2.14. The molecule has 154 valence electrons. The molecule has 1 aliphatic rings. The Kier molecular flexibility index (Phi) is 6.45. The molecule has 1 saturated heterocycles. The van der Waals surface area contributed by atoms with Crippen LogP contribution in [0.2, 0.25) is 0 Å². The topological polar surface area (TPSA) is 117 Å². The van der Waals surface area contributed by atoms with Crippen LogP contribution in [0.25, 0.3) is 0 Å². The van der Waals surface area contributed by atoms with Crippen molar-refractivity contribution in [2.24, 2.45) is 0 Å². The zero-order valence-electron chi connectivity index (χ0n) is 15.6. The second-order valence-corrected chi connectivity index (χ2v) is 8.48. The predicted molar refractivity (Wildman–Crippen MR) is 105 cm³/mol. The van der Waals surface area contributed by atoms with Crippen molar-refractivity contribution in [1.82, 2.24) is 14.2 Å². The Morgan fingerprint density at radius 2 is 1.69 bits per heavy atom. The molecule has 1 aromatic heterocycles. The van der Waals surface area contributed by atoms with E-state index in [9.17, 15) is 22.8 Å². The molecule has 1 amide bonds. The molecule has 0 atom stereocenters. The highest BCUT2D eigenvalue weighted by atomic mass is 32.2. The molecule has 1 fully saturated rings. The molecule has 0 spiro atoms. The number of benzene rings is 1. The van der Waals surface area contributed by atoms with Gasteiger partial charge in [-0.1, -0.05) is 30.3 Å². The van der Waals surface area contributed by atoms with E-state index in [1.165, 1.54) is 27.5 Å². The van der Waals surface area contributed by atoms with Gasteiger partial charge in [0, 0.05) is 32.4 Å². The van der Waals surface area contributed by atoms with E-state index in [1.807, 2.05) is 6.07 Å². The summed E-state index contributed by atoms with van der Waals surface area (Å²) in [5.41, 5.74) is -0.0758. The number of rotatable bonds is 6. The Morgan fingerprint density at radius 3 is 2.34 bits per heavy atom. The summed E-state index contributed by atoms with van der Waals surface area (Å²) in [6, 6.07) is 11.7. The van der Waals surface area contributed by atoms with Gasteiger partial charge in [-0.25, -0.2) is 13.2 Å². The summed E-state index contributed by atoms with van der Waals surface area (Å²) in [6.07, 6.45) is 1.38. The van der Waals surface area contributed by atoms with Gasteiger partial charge in [0.15, 0.2) is 6.61 Å². The van der Waals surface area contributed by atoms with Gasteiger partial charge < -0.3 is 14.6 Å². The Morgan fingerprint density at radius 1 is 1.00 bits per heavy atom. The summed E-state index contributed by atoms with van der Waals surface area (Å²) >= 11 is 0. The number of amides is 1. The van der Waals surface area contributed by atoms with Gasteiger partial charge in [0.1, 0.15) is 5.56 Å². The fourth-order valence-electron chi connectivity index (χ4n) is 2.97. The van der Waals surface area contributed by atoms with E-state index in [2.05, 4.69) is 4.98 Å². The Hall–Kier alpha value is -2.98. The smallest absolute Gasteiger partial charge is 0.344 e. The highest BCUT2D eigenvalue weighted by molar-refractivity contribution is 7.88. The van der Waals surface area contributed by atoms with E-state index >= 15 is 0 Å². The fraction of sp³-hybridized carbons (Fsp3) is 0.316. The fourth-order valence-corrected chi connectivity index (χ4v) is 4.49. The van der Waals surface area contributed by atoms with Gasteiger partial charge in [0.05, 0.1) is 5.75 Å². The first-order valence-corrected chi connectivity index (χ1v) is 10.6. The van der Waals surface area contributed by atoms with E-state index in [1.54, 1.807) is 24.3 Å². The molecule has 0 bridgehead atoms. The third-order valence-electron chi connectivity index (χ3n) is 4.54. The summed E-state index contributed by atoms with van der Waals surface area (Å²) in [6.45, 7) is 0.247. The number of aromatic amines is 1. The van der Waals surface area contributed by atoms with Crippen LogP contribution in [-0.4, -0.2) is 67.3 Å². The zero-order chi connectivity index (χ0) is 20.9. The lowest BCUT2D eigenvalue weighted by atomic mass is 10.2. The number of carbonyl (C=O) groups is 2. The molecule has 1 aromatic carbocycles. The van der Waals surface area contributed by atoms with Gasteiger partial charge in [-0.15, -0.1) is 0 Å². The number of carbonyl (C=O) groups excluding carboxylic acids is 2. The van der Waals surface area contributed by atoms with Crippen LogP contribution in [-0.2, 0) is 25.3 Å². The quantitative estimate of drug-likeness (QED) is 0.669. The van der Waals surface area contributed by atoms with E-state index in [0.717, 1.165) is 0 Å². The number of sulfonamides is 1. The molecule has 9 nitrogen and oxygen atoms in total. The van der Waals surface area contributed by atoms with Crippen molar-refractivity contribution in [2.45, 2.75) is 5.75 Å². The molecule has 1 N–H and O–H groups in total. The largest absolute Gasteiger partial charge is 0.452 e. The van der Waals surface area contributed by atoms with Crippen LogP contribution in [0.1, 0.15) is 15.9 Å². The second-order valence-electron chi connectivity index (χ2n) is 6.51. The van der Waals surface area contributed by atoms with Crippen LogP contribution in [0.5, 0.6) is 0 Å². The van der Waals surface area contributed by atoms with Gasteiger partial charge in [-0.05, 0) is 17.7 Å². The number of ether oxygens (including phenoxy) is 1. The summed E-state index contributed by atoms with van der Waals surface area (Å²) in [5.74, 6) is -1.42. The molecule has 0 radical (unpaired) electrons. The van der Waals surface area contributed by atoms with E-state index in [0.29, 0.717) is 5.56 Å². The molecule has 2 heterocycles. The van der Waals surface area contributed by atoms with Crippen molar-refractivity contribution in [3.63, 3.8) is 0 Å². The minimum Gasteiger partial charge on any atom is -0.452 e. The van der Waals surface area contributed by atoms with Crippen LogP contribution in [0.4, 0.5) is 0 Å². The maximum absolute atomic E-state index is 12.6. The molecule has 0 unspecified atom stereocenters. The maximum Gasteiger partial charge on any atom is 0.344 e. The monoisotopic (exact) mass is 419 g/mol. The molecule has 10 heteroatoms. The number of nitrogens with one attached hydrogen (secondary N) is 1. The first-order valence-electron chi connectivity index (χ1n) is 9.01. The summed E-state index contributed by atoms with van der Waals surface area (Å²) in [5, 5.41) is 0. The minimum atomic E-state index is -3.48. The number of hydrogen-bond donors (Lipinski definition) is 1. The van der Waals surface area contributed by atoms with Crippen LogP contribution < -0.4 is 5.56 Å². The van der Waals surface area contributed by atoms with Crippen LogP contribution in [0.3, 0.4) is 0 Å². The molecule has 2 aromatic rings. The van der Waals surface area contributed by atoms with Crippen molar-refractivity contribution in [3.8, 4) is 0 Å². The zero-order valence-corrected chi connectivity index (χ0v) is 16.4. The van der Waals surface area contributed by atoms with Crippen molar-refractivity contribution >= 4 is 21.9 Å². The lowest BCUT2D eigenvalue weighted by molar-refractivity contribution is -0.135. The van der Waals surface area contributed by atoms with Crippen LogP contribution >= 0.6 is 0 Å². The van der Waals surface area contributed by atoms with Crippen molar-refractivity contribution in [1.29, 1.82) is 0 Å². The number of hydrogen-bond acceptors (Lipinski definition) is 6. The first-order chi connectivity index (χ1) is 13.9. The number of nitrogens with zero attached hydrogens (tertiary/aromatic N) is 2. The number of esters is 1. The average Bonchev–Trinajstić information content (AvgIpc) is 2.72. The lowest BCUT2D eigenvalue weighted by Gasteiger charge is -2.33. The van der Waals surface area contributed by atoms with E-state index in [4.69, 9.17) is 4.74 Å². The van der Waals surface area contributed by atoms with Crippen molar-refractivity contribution in [3.05, 3.63) is 70.1 Å². The Labute approximate surface area is 168 Å². The SMILES string of the molecule is O=C(OCC(=O)N1CCN(S(=O)(=O)Cc2ccccc2)CC1)c1ccc[nH]c1=O. The molecular formula is C19H21N3O6S. The molecule has 0 saturated carbocycles. The van der Waals surface area contributed by atoms with Gasteiger partial charge in [0.25, 0.3) is 11.5 Å². The summed E-state index contributed by atoms with van der Waals surface area (Å²) in [4.78, 5) is 39.5. The average molecular weight is 419 g/mol. The molecular weight excluding hydrogens is 398 g/mol. The van der Waals surface area contributed by atoms with Crippen molar-refractivity contribution in [2.75, 3.05) is 32.8 Å². The molecule has 3 rings (SSSR count). The van der Waals surface area contributed by atoms with Crippen LogP contribution in [0.15, 0.2) is 53.5 Å². The summed E-state index contributed by atoms with van der Waals surface area (Å²) < 4.78 is 31.4. The molecule has 29 heavy (non-hydrogen) atoms. The molecule has 1 aliphatic heterocycles. The summed E-state index contributed by atoms with van der Waals surface area (Å²) in [7, 11) is -3.48. The number of H-pyrrole nitrogens is 1.